The van der Waals surface area contributed by atoms with E-state index in [4.69, 9.17) is 10.00 Å². The maximum Gasteiger partial charge on any atom is 0.0813 e. The van der Waals surface area contributed by atoms with Crippen LogP contribution in [0, 0.1) is 16.7 Å². The number of hydrogen-bond donors (Lipinski definition) is 1. The minimum atomic E-state index is -0.223. The third-order valence-electron chi connectivity index (χ3n) is 6.80. The van der Waals surface area contributed by atoms with Crippen molar-refractivity contribution in [2.45, 2.75) is 85.2 Å². The number of rotatable bonds is 8. The van der Waals surface area contributed by atoms with Crippen LogP contribution < -0.4 is 5.32 Å². The maximum absolute atomic E-state index is 9.07. The van der Waals surface area contributed by atoms with Crippen LogP contribution in [0.4, 0.5) is 5.69 Å². The van der Waals surface area contributed by atoms with E-state index in [1.165, 1.54) is 29.7 Å². The molecule has 0 amide bonds. The molecule has 2 aliphatic rings. The lowest BCUT2D eigenvalue weighted by Gasteiger charge is -2.32. The first-order chi connectivity index (χ1) is 14.9. The van der Waals surface area contributed by atoms with E-state index in [1.807, 2.05) is 6.92 Å². The quantitative estimate of drug-likeness (QED) is 0.516. The Morgan fingerprint density at radius 3 is 2.58 bits per heavy atom. The molecule has 0 radical (unpaired) electrons. The standard InChI is InChI=1S/C15H23NO.C12H20N2/c1-4-8-17-15-10-16-14-7-6-12(5-2)9-13(14)11(15)3;1-4-12(3,10-13)9-11(2)14-7-5-6-8-14/h6-7,9,11,15-16H,4-5,8,10H2,1-3H3;2,4-9H2,1,3H3. The molecule has 1 aromatic rings. The summed E-state index contributed by atoms with van der Waals surface area (Å²) in [6.45, 7) is 18.9. The van der Waals surface area contributed by atoms with Gasteiger partial charge in [0.15, 0.2) is 0 Å². The Bertz CT molecular complexity index is 747. The van der Waals surface area contributed by atoms with E-state index in [9.17, 15) is 0 Å². The number of anilines is 1. The molecule has 0 bridgehead atoms. The lowest BCUT2D eigenvalue weighted by Crippen LogP contribution is -2.33. The van der Waals surface area contributed by atoms with Crippen LogP contribution in [0.15, 0.2) is 30.5 Å². The Balaban J connectivity index is 0.000000225. The molecule has 2 aliphatic heterocycles. The van der Waals surface area contributed by atoms with Crippen molar-refractivity contribution in [1.82, 2.24) is 4.90 Å². The van der Waals surface area contributed by atoms with Gasteiger partial charge >= 0.3 is 0 Å². The first kappa shape index (κ1) is 25.3. The average molecular weight is 426 g/mol. The van der Waals surface area contributed by atoms with E-state index < -0.39 is 0 Å². The zero-order valence-corrected chi connectivity index (χ0v) is 20.5. The summed E-state index contributed by atoms with van der Waals surface area (Å²) < 4.78 is 5.91. The summed E-state index contributed by atoms with van der Waals surface area (Å²) in [7, 11) is 0. The number of hydrogen-bond acceptors (Lipinski definition) is 4. The molecule has 4 heteroatoms. The molecule has 3 rings (SSSR count). The van der Waals surface area contributed by atoms with Gasteiger partial charge in [-0.2, -0.15) is 5.26 Å². The van der Waals surface area contributed by atoms with Crippen LogP contribution in [0.1, 0.15) is 83.8 Å². The third kappa shape index (κ3) is 7.01. The molecule has 3 atom stereocenters. The fourth-order valence-corrected chi connectivity index (χ4v) is 4.27. The first-order valence-electron chi connectivity index (χ1n) is 12.2. The maximum atomic E-state index is 9.07. The molecule has 1 aromatic carbocycles. The number of benzene rings is 1. The Kier molecular flexibility index (Phi) is 9.91. The van der Waals surface area contributed by atoms with Crippen LogP contribution in [-0.4, -0.2) is 37.2 Å². The smallest absolute Gasteiger partial charge is 0.0813 e. The number of allylic oxidation sites excluding steroid dienone is 1. The largest absolute Gasteiger partial charge is 0.382 e. The molecule has 4 nitrogen and oxygen atoms in total. The van der Waals surface area contributed by atoms with Gasteiger partial charge in [-0.25, -0.2) is 0 Å². The SMILES string of the molecule is C=C(CC(C)(C#N)CC)N1CCCC1.CCCOC1CNc2ccc(CC)cc2C1C. The normalized spacial score (nSPS) is 21.7. The molecule has 2 heterocycles. The number of likely N-dealkylation sites (tertiary alicyclic amines) is 1. The first-order valence-corrected chi connectivity index (χ1v) is 12.2. The summed E-state index contributed by atoms with van der Waals surface area (Å²) in [6.07, 6.45) is 6.76. The highest BCUT2D eigenvalue weighted by Gasteiger charge is 2.27. The van der Waals surface area contributed by atoms with Gasteiger partial charge in [0.1, 0.15) is 0 Å². The van der Waals surface area contributed by atoms with Crippen molar-refractivity contribution in [2.75, 3.05) is 31.6 Å². The monoisotopic (exact) mass is 425 g/mol. The van der Waals surface area contributed by atoms with Gasteiger partial charge in [0.25, 0.3) is 0 Å². The predicted molar refractivity (Wildman–Crippen MR) is 131 cm³/mol. The topological polar surface area (TPSA) is 48.3 Å². The van der Waals surface area contributed by atoms with Crippen molar-refractivity contribution < 1.29 is 4.74 Å². The molecule has 0 spiro atoms. The van der Waals surface area contributed by atoms with Gasteiger partial charge in [0.2, 0.25) is 0 Å². The molecule has 1 N–H and O–H groups in total. The summed E-state index contributed by atoms with van der Waals surface area (Å²) in [6, 6.07) is 9.15. The van der Waals surface area contributed by atoms with Crippen LogP contribution >= 0.6 is 0 Å². The van der Waals surface area contributed by atoms with Crippen LogP contribution in [-0.2, 0) is 11.2 Å². The predicted octanol–water partition coefficient (Wildman–Crippen LogP) is 6.50. The van der Waals surface area contributed by atoms with Gasteiger partial charge in [-0.1, -0.05) is 46.4 Å². The van der Waals surface area contributed by atoms with Crippen LogP contribution in [0.3, 0.4) is 0 Å². The number of nitrogens with one attached hydrogen (secondary N) is 1. The van der Waals surface area contributed by atoms with E-state index in [0.717, 1.165) is 57.6 Å². The van der Waals surface area contributed by atoms with E-state index >= 15 is 0 Å². The number of fused-ring (bicyclic) bond motifs is 1. The second-order valence-corrected chi connectivity index (χ2v) is 9.32. The summed E-state index contributed by atoms with van der Waals surface area (Å²) in [4.78, 5) is 2.32. The summed E-state index contributed by atoms with van der Waals surface area (Å²) >= 11 is 0. The van der Waals surface area contributed by atoms with Gasteiger partial charge < -0.3 is 15.0 Å². The van der Waals surface area contributed by atoms with E-state index in [2.05, 4.69) is 68.8 Å². The molecule has 0 saturated carbocycles. The number of ether oxygens (including phenoxy) is 1. The highest BCUT2D eigenvalue weighted by molar-refractivity contribution is 5.56. The molecule has 172 valence electrons. The molecule has 0 aromatic heterocycles. The van der Waals surface area contributed by atoms with E-state index in [1.54, 1.807) is 0 Å². The second kappa shape index (κ2) is 12.2. The zero-order chi connectivity index (χ0) is 22.9. The van der Waals surface area contributed by atoms with Gasteiger partial charge in [-0.05, 0) is 56.2 Å². The number of aryl methyl sites for hydroxylation is 1. The highest BCUT2D eigenvalue weighted by atomic mass is 16.5. The van der Waals surface area contributed by atoms with Crippen LogP contribution in [0.2, 0.25) is 0 Å². The molecular weight excluding hydrogens is 382 g/mol. The van der Waals surface area contributed by atoms with Crippen LogP contribution in [0.5, 0.6) is 0 Å². The molecule has 3 unspecified atom stereocenters. The summed E-state index contributed by atoms with van der Waals surface area (Å²) in [5.74, 6) is 0.490. The average Bonchev–Trinajstić information content (AvgIpc) is 3.34. The third-order valence-corrected chi connectivity index (χ3v) is 6.80. The van der Waals surface area contributed by atoms with E-state index in [-0.39, 0.29) is 5.41 Å². The Labute approximate surface area is 190 Å². The highest BCUT2D eigenvalue weighted by Crippen LogP contribution is 2.34. The Hall–Kier alpha value is -1.99. The fourth-order valence-electron chi connectivity index (χ4n) is 4.27. The number of nitrogens with zero attached hydrogens (tertiary/aromatic N) is 2. The molecule has 1 saturated heterocycles. The Morgan fingerprint density at radius 2 is 2.00 bits per heavy atom. The number of nitriles is 1. The fraction of sp³-hybridized carbons (Fsp3) is 0.667. The van der Waals surface area contributed by atoms with Crippen molar-refractivity contribution in [2.24, 2.45) is 5.41 Å². The second-order valence-electron chi connectivity index (χ2n) is 9.32. The minimum absolute atomic E-state index is 0.223. The van der Waals surface area contributed by atoms with Gasteiger partial charge in [0, 0.05) is 50.0 Å². The van der Waals surface area contributed by atoms with Crippen LogP contribution in [0.25, 0.3) is 0 Å². The Morgan fingerprint density at radius 1 is 1.29 bits per heavy atom. The van der Waals surface area contributed by atoms with Gasteiger partial charge in [0.05, 0.1) is 17.6 Å². The summed E-state index contributed by atoms with van der Waals surface area (Å²) in [5.41, 5.74) is 5.03. The van der Waals surface area contributed by atoms with E-state index in [0.29, 0.717) is 12.0 Å². The van der Waals surface area contributed by atoms with Crippen molar-refractivity contribution in [1.29, 1.82) is 5.26 Å². The molecule has 1 fully saturated rings. The van der Waals surface area contributed by atoms with Crippen molar-refractivity contribution in [3.05, 3.63) is 41.6 Å². The van der Waals surface area contributed by atoms with Gasteiger partial charge in [-0.15, -0.1) is 0 Å². The molecule has 0 aliphatic carbocycles. The zero-order valence-electron chi connectivity index (χ0n) is 20.5. The lowest BCUT2D eigenvalue weighted by atomic mass is 9.84. The minimum Gasteiger partial charge on any atom is -0.382 e. The van der Waals surface area contributed by atoms with Crippen molar-refractivity contribution in [3.63, 3.8) is 0 Å². The molecular formula is C27H43N3O. The lowest BCUT2D eigenvalue weighted by molar-refractivity contribution is 0.0448. The van der Waals surface area contributed by atoms with Crippen molar-refractivity contribution >= 4 is 5.69 Å². The van der Waals surface area contributed by atoms with Gasteiger partial charge in [-0.3, -0.25) is 0 Å². The summed E-state index contributed by atoms with van der Waals surface area (Å²) in [5, 5.41) is 12.5. The van der Waals surface area contributed by atoms with Crippen molar-refractivity contribution in [3.8, 4) is 6.07 Å². The molecule has 31 heavy (non-hydrogen) atoms.